The van der Waals surface area contributed by atoms with Crippen molar-refractivity contribution in [3.05, 3.63) is 47.3 Å². The van der Waals surface area contributed by atoms with Crippen LogP contribution in [-0.2, 0) is 6.42 Å². The van der Waals surface area contributed by atoms with Gasteiger partial charge < -0.3 is 4.98 Å². The van der Waals surface area contributed by atoms with Crippen molar-refractivity contribution in [1.29, 1.82) is 0 Å². The summed E-state index contributed by atoms with van der Waals surface area (Å²) in [6.07, 6.45) is 6.38. The van der Waals surface area contributed by atoms with E-state index in [1.807, 2.05) is 12.3 Å². The van der Waals surface area contributed by atoms with Crippen LogP contribution in [0.25, 0.3) is 0 Å². The molecule has 0 aromatic carbocycles. The van der Waals surface area contributed by atoms with Gasteiger partial charge in [0.1, 0.15) is 0 Å². The SMILES string of the molecule is CCCc1c[nH]cccc(C)cc1C. The molecule has 0 aliphatic heterocycles. The lowest BCUT2D eigenvalue weighted by molar-refractivity contribution is 0.908. The first kappa shape index (κ1) is 10.8. The third-order valence-electron chi connectivity index (χ3n) is 2.28. The van der Waals surface area contributed by atoms with Crippen molar-refractivity contribution in [2.24, 2.45) is 0 Å². The fourth-order valence-corrected chi connectivity index (χ4v) is 1.54. The molecule has 1 nitrogen and oxygen atoms in total. The Labute approximate surface area is 86.5 Å². The van der Waals surface area contributed by atoms with Gasteiger partial charge in [0.15, 0.2) is 0 Å². The molecule has 0 spiro atoms. The molecule has 0 atom stereocenters. The highest BCUT2D eigenvalue weighted by atomic mass is 14.6. The third kappa shape index (κ3) is 3.25. The first-order chi connectivity index (χ1) is 6.74. The van der Waals surface area contributed by atoms with Crippen LogP contribution in [0.3, 0.4) is 0 Å². The molecular weight excluding hydrogens is 170 g/mol. The standard InChI is InChI=1S/C13H19N/c1-4-6-13-10-14-8-5-7-11(2)9-12(13)3/h5,7-10,14H,4,6H2,1-3H3. The van der Waals surface area contributed by atoms with E-state index in [1.165, 1.54) is 23.1 Å². The Balaban J connectivity index is 3.25. The minimum Gasteiger partial charge on any atom is -0.367 e. The molecule has 0 amide bonds. The molecule has 0 saturated heterocycles. The molecule has 76 valence electrons. The highest BCUT2D eigenvalue weighted by molar-refractivity contribution is 5.24. The average molecular weight is 189 g/mol. The first-order valence-corrected chi connectivity index (χ1v) is 5.21. The second kappa shape index (κ2) is 5.48. The fraction of sp³-hybridized carbons (Fsp3) is 0.385. The molecule has 1 N–H and O–H groups in total. The van der Waals surface area contributed by atoms with E-state index in [0.717, 1.165) is 6.42 Å². The second-order valence-electron chi connectivity index (χ2n) is 3.68. The quantitative estimate of drug-likeness (QED) is 0.730. The Hall–Kier alpha value is -1.24. The molecule has 0 aliphatic carbocycles. The zero-order chi connectivity index (χ0) is 10.4. The molecule has 0 saturated carbocycles. The number of nitrogens with one attached hydrogen (secondary N) is 1. The van der Waals surface area contributed by atoms with Crippen molar-refractivity contribution in [1.82, 2.24) is 4.98 Å². The Morgan fingerprint density at radius 1 is 1.29 bits per heavy atom. The van der Waals surface area contributed by atoms with Crippen LogP contribution in [0, 0.1) is 13.8 Å². The van der Waals surface area contributed by atoms with E-state index in [4.69, 9.17) is 0 Å². The summed E-state index contributed by atoms with van der Waals surface area (Å²) >= 11 is 0. The molecule has 0 unspecified atom stereocenters. The lowest BCUT2D eigenvalue weighted by atomic mass is 10.1. The second-order valence-corrected chi connectivity index (χ2v) is 3.68. The van der Waals surface area contributed by atoms with Gasteiger partial charge in [0.05, 0.1) is 0 Å². The molecule has 0 fully saturated rings. The van der Waals surface area contributed by atoms with Gasteiger partial charge in [0.25, 0.3) is 0 Å². The molecule has 1 aromatic rings. The van der Waals surface area contributed by atoms with Crippen LogP contribution < -0.4 is 0 Å². The van der Waals surface area contributed by atoms with Crippen LogP contribution in [0.15, 0.2) is 30.6 Å². The predicted molar refractivity (Wildman–Crippen MR) is 61.9 cm³/mol. The summed E-state index contributed by atoms with van der Waals surface area (Å²) < 4.78 is 0. The van der Waals surface area contributed by atoms with Gasteiger partial charge in [-0.25, -0.2) is 0 Å². The molecule has 1 heteroatoms. The number of hydrogen-bond acceptors (Lipinski definition) is 0. The summed E-state index contributed by atoms with van der Waals surface area (Å²) in [5.41, 5.74) is 4.05. The van der Waals surface area contributed by atoms with Crippen molar-refractivity contribution < 1.29 is 0 Å². The smallest absolute Gasteiger partial charge is 0.00394 e. The molecule has 0 bridgehead atoms. The molecule has 1 aromatic heterocycles. The van der Waals surface area contributed by atoms with Gasteiger partial charge in [-0.2, -0.15) is 0 Å². The van der Waals surface area contributed by atoms with Gasteiger partial charge in [0, 0.05) is 12.4 Å². The molecule has 0 radical (unpaired) electrons. The van der Waals surface area contributed by atoms with Gasteiger partial charge >= 0.3 is 0 Å². The fourth-order valence-electron chi connectivity index (χ4n) is 1.54. The van der Waals surface area contributed by atoms with Crippen LogP contribution in [0.1, 0.15) is 30.0 Å². The largest absolute Gasteiger partial charge is 0.367 e. The molecule has 14 heavy (non-hydrogen) atoms. The van der Waals surface area contributed by atoms with Crippen LogP contribution in [0.4, 0.5) is 0 Å². The predicted octanol–water partition coefficient (Wildman–Crippen LogP) is 3.71. The molecule has 0 aliphatic rings. The van der Waals surface area contributed by atoms with E-state index in [-0.39, 0.29) is 0 Å². The highest BCUT2D eigenvalue weighted by Crippen LogP contribution is 2.07. The Morgan fingerprint density at radius 2 is 2.07 bits per heavy atom. The molecule has 1 rings (SSSR count). The Bertz CT molecular complexity index is 335. The van der Waals surface area contributed by atoms with E-state index < -0.39 is 0 Å². The lowest BCUT2D eigenvalue weighted by Crippen LogP contribution is -1.86. The number of aryl methyl sites for hydroxylation is 3. The van der Waals surface area contributed by atoms with E-state index in [0.29, 0.717) is 0 Å². The summed E-state index contributed by atoms with van der Waals surface area (Å²) in [6.45, 7) is 6.51. The maximum atomic E-state index is 3.19. The number of hydrogen-bond donors (Lipinski definition) is 1. The zero-order valence-electron chi connectivity index (χ0n) is 9.30. The van der Waals surface area contributed by atoms with E-state index in [9.17, 15) is 0 Å². The van der Waals surface area contributed by atoms with Crippen LogP contribution >= 0.6 is 0 Å². The average Bonchev–Trinajstić information content (AvgIpc) is 2.20. The summed E-state index contributed by atoms with van der Waals surface area (Å²) in [5, 5.41) is 0. The van der Waals surface area contributed by atoms with Crippen molar-refractivity contribution >= 4 is 0 Å². The highest BCUT2D eigenvalue weighted by Gasteiger charge is 1.92. The van der Waals surface area contributed by atoms with Crippen molar-refractivity contribution in [3.8, 4) is 0 Å². The Kier molecular flexibility index (Phi) is 4.24. The minimum atomic E-state index is 1.14. The molecular formula is C13H19N. The summed E-state index contributed by atoms with van der Waals surface area (Å²) in [6, 6.07) is 6.38. The zero-order valence-corrected chi connectivity index (χ0v) is 9.30. The lowest BCUT2D eigenvalue weighted by Gasteiger charge is -1.99. The number of rotatable bonds is 2. The van der Waals surface area contributed by atoms with Crippen LogP contribution in [0.5, 0.6) is 0 Å². The number of H-pyrrole nitrogens is 1. The molecule has 1 heterocycles. The van der Waals surface area contributed by atoms with Gasteiger partial charge in [-0.1, -0.05) is 31.0 Å². The van der Waals surface area contributed by atoms with Crippen LogP contribution in [0.2, 0.25) is 0 Å². The van der Waals surface area contributed by atoms with Gasteiger partial charge in [-0.3, -0.25) is 0 Å². The first-order valence-electron chi connectivity index (χ1n) is 5.21. The summed E-state index contributed by atoms with van der Waals surface area (Å²) in [7, 11) is 0. The summed E-state index contributed by atoms with van der Waals surface area (Å²) in [5.74, 6) is 0. The van der Waals surface area contributed by atoms with E-state index >= 15 is 0 Å². The van der Waals surface area contributed by atoms with Crippen molar-refractivity contribution in [3.63, 3.8) is 0 Å². The van der Waals surface area contributed by atoms with Gasteiger partial charge in [-0.15, -0.1) is 0 Å². The van der Waals surface area contributed by atoms with E-state index in [1.54, 1.807) is 0 Å². The minimum absolute atomic E-state index is 1.14. The van der Waals surface area contributed by atoms with Gasteiger partial charge in [0.2, 0.25) is 0 Å². The van der Waals surface area contributed by atoms with Crippen molar-refractivity contribution in [2.75, 3.05) is 0 Å². The normalized spacial score (nSPS) is 9.64. The van der Waals surface area contributed by atoms with Gasteiger partial charge in [-0.05, 0) is 37.5 Å². The monoisotopic (exact) mass is 189 g/mol. The maximum absolute atomic E-state index is 3.19. The number of aromatic amines is 1. The summed E-state index contributed by atoms with van der Waals surface area (Å²) in [4.78, 5) is 3.19. The van der Waals surface area contributed by atoms with Crippen LogP contribution in [-0.4, -0.2) is 4.98 Å². The van der Waals surface area contributed by atoms with E-state index in [2.05, 4.69) is 44.1 Å². The number of aromatic nitrogens is 1. The Morgan fingerprint density at radius 3 is 2.79 bits per heavy atom. The maximum Gasteiger partial charge on any atom is 0.00394 e. The van der Waals surface area contributed by atoms with Crippen molar-refractivity contribution in [2.45, 2.75) is 33.6 Å². The topological polar surface area (TPSA) is 15.8 Å². The third-order valence-corrected chi connectivity index (χ3v) is 2.28.